The van der Waals surface area contributed by atoms with Crippen LogP contribution in [0.4, 0.5) is 0 Å². The van der Waals surface area contributed by atoms with Crippen LogP contribution in [0.3, 0.4) is 0 Å². The molecule has 0 aliphatic heterocycles. The summed E-state index contributed by atoms with van der Waals surface area (Å²) in [6.07, 6.45) is 0. The van der Waals surface area contributed by atoms with Gasteiger partial charge in [-0.2, -0.15) is 5.10 Å². The number of carbonyl (C=O) groups excluding carboxylic acids is 1. The van der Waals surface area contributed by atoms with Crippen molar-refractivity contribution in [1.29, 1.82) is 0 Å². The Morgan fingerprint density at radius 1 is 1.07 bits per heavy atom. The Labute approximate surface area is 170 Å². The smallest absolute Gasteiger partial charge is 0.275 e. The molecule has 0 saturated carbocycles. The second kappa shape index (κ2) is 9.47. The van der Waals surface area contributed by atoms with E-state index >= 15 is 0 Å². The van der Waals surface area contributed by atoms with E-state index < -0.39 is 0 Å². The lowest BCUT2D eigenvalue weighted by molar-refractivity contribution is 0.0674. The van der Waals surface area contributed by atoms with Crippen LogP contribution in [0.1, 0.15) is 29.9 Å². The molecule has 1 amide bonds. The van der Waals surface area contributed by atoms with E-state index in [1.807, 2.05) is 56.3 Å². The van der Waals surface area contributed by atoms with Crippen molar-refractivity contribution in [3.05, 3.63) is 76.2 Å². The predicted molar refractivity (Wildman–Crippen MR) is 114 cm³/mol. The molecule has 2 aromatic carbocycles. The van der Waals surface area contributed by atoms with Gasteiger partial charge in [0.15, 0.2) is 5.69 Å². The molecule has 0 fully saturated rings. The number of rotatable bonds is 8. The summed E-state index contributed by atoms with van der Waals surface area (Å²) in [4.78, 5) is 28.1. The molecule has 0 unspecified atom stereocenters. The number of ether oxygens (including phenoxy) is 1. The molecule has 29 heavy (non-hydrogen) atoms. The van der Waals surface area contributed by atoms with Gasteiger partial charge < -0.3 is 9.64 Å². The molecule has 3 rings (SSSR count). The minimum atomic E-state index is -0.209. The summed E-state index contributed by atoms with van der Waals surface area (Å²) >= 11 is 0. The minimum absolute atomic E-state index is 0.169. The summed E-state index contributed by atoms with van der Waals surface area (Å²) in [7, 11) is 1.61. The van der Waals surface area contributed by atoms with Crippen molar-refractivity contribution in [3.8, 4) is 0 Å². The highest BCUT2D eigenvalue weighted by molar-refractivity contribution is 6.04. The molecule has 6 nitrogen and oxygen atoms in total. The van der Waals surface area contributed by atoms with E-state index in [1.54, 1.807) is 24.1 Å². The molecule has 0 bridgehead atoms. The van der Waals surface area contributed by atoms with Gasteiger partial charge in [0.25, 0.3) is 11.5 Å². The molecule has 0 spiro atoms. The van der Waals surface area contributed by atoms with Gasteiger partial charge in [0.1, 0.15) is 0 Å². The third-order valence-electron chi connectivity index (χ3n) is 4.68. The number of fused-ring (bicyclic) bond motifs is 1. The van der Waals surface area contributed by atoms with Crippen LogP contribution >= 0.6 is 0 Å². The van der Waals surface area contributed by atoms with Crippen LogP contribution in [-0.2, 0) is 17.8 Å². The number of aromatic nitrogens is 2. The number of amides is 1. The summed E-state index contributed by atoms with van der Waals surface area (Å²) in [5, 5.41) is 5.58. The standard InChI is InChI=1S/C23H27N3O3/c1-17(2)15-26-22(27)20-12-8-7-11-19(20)21(24-26)23(28)25(13-14-29-3)16-18-9-5-4-6-10-18/h4-12,17H,13-16H2,1-3H3. The van der Waals surface area contributed by atoms with Gasteiger partial charge in [-0.3, -0.25) is 9.59 Å². The molecule has 0 atom stereocenters. The number of hydrogen-bond donors (Lipinski definition) is 0. The van der Waals surface area contributed by atoms with Crippen molar-refractivity contribution in [3.63, 3.8) is 0 Å². The molecule has 0 saturated heterocycles. The van der Waals surface area contributed by atoms with Gasteiger partial charge >= 0.3 is 0 Å². The highest BCUT2D eigenvalue weighted by Gasteiger charge is 2.22. The number of hydrogen-bond acceptors (Lipinski definition) is 4. The number of carbonyl (C=O) groups is 1. The monoisotopic (exact) mass is 393 g/mol. The summed E-state index contributed by atoms with van der Waals surface area (Å²) in [5.41, 5.74) is 1.15. The van der Waals surface area contributed by atoms with E-state index in [0.29, 0.717) is 42.7 Å². The van der Waals surface area contributed by atoms with Gasteiger partial charge in [-0.05, 0) is 17.5 Å². The van der Waals surface area contributed by atoms with Crippen LogP contribution in [0.2, 0.25) is 0 Å². The van der Waals surface area contributed by atoms with Gasteiger partial charge in [-0.1, -0.05) is 62.4 Å². The van der Waals surface area contributed by atoms with E-state index in [1.165, 1.54) is 4.68 Å². The third kappa shape index (κ3) is 4.90. The maximum absolute atomic E-state index is 13.5. The van der Waals surface area contributed by atoms with E-state index in [-0.39, 0.29) is 17.4 Å². The SMILES string of the molecule is COCCN(Cc1ccccc1)C(=O)c1nn(CC(C)C)c(=O)c2ccccc12. The third-order valence-corrected chi connectivity index (χ3v) is 4.68. The fourth-order valence-corrected chi connectivity index (χ4v) is 3.27. The highest BCUT2D eigenvalue weighted by Crippen LogP contribution is 2.17. The Bertz CT molecular complexity index is 1030. The average molecular weight is 393 g/mol. The molecule has 0 aliphatic carbocycles. The molecule has 0 aliphatic rings. The first-order chi connectivity index (χ1) is 14.0. The molecule has 3 aromatic rings. The molecular weight excluding hydrogens is 366 g/mol. The molecule has 0 N–H and O–H groups in total. The molecule has 1 aromatic heterocycles. The lowest BCUT2D eigenvalue weighted by Crippen LogP contribution is -2.36. The molecule has 0 radical (unpaired) electrons. The Morgan fingerprint density at radius 3 is 2.38 bits per heavy atom. The first-order valence-corrected chi connectivity index (χ1v) is 9.83. The van der Waals surface area contributed by atoms with E-state index in [4.69, 9.17) is 4.74 Å². The van der Waals surface area contributed by atoms with E-state index in [9.17, 15) is 9.59 Å². The van der Waals surface area contributed by atoms with Gasteiger partial charge in [0.2, 0.25) is 0 Å². The minimum Gasteiger partial charge on any atom is -0.383 e. The zero-order valence-electron chi connectivity index (χ0n) is 17.2. The highest BCUT2D eigenvalue weighted by atomic mass is 16.5. The van der Waals surface area contributed by atoms with Crippen molar-refractivity contribution in [1.82, 2.24) is 14.7 Å². The normalized spacial score (nSPS) is 11.2. The zero-order chi connectivity index (χ0) is 20.8. The fraction of sp³-hybridized carbons (Fsp3) is 0.348. The van der Waals surface area contributed by atoms with Crippen LogP contribution in [0.25, 0.3) is 10.8 Å². The lowest BCUT2D eigenvalue weighted by Gasteiger charge is -2.23. The first kappa shape index (κ1) is 20.7. The Hall–Kier alpha value is -2.99. The average Bonchev–Trinajstić information content (AvgIpc) is 2.73. The van der Waals surface area contributed by atoms with E-state index in [2.05, 4.69) is 5.10 Å². The molecular formula is C23H27N3O3. The summed E-state index contributed by atoms with van der Waals surface area (Å²) in [6.45, 7) is 5.80. The lowest BCUT2D eigenvalue weighted by atomic mass is 10.1. The zero-order valence-corrected chi connectivity index (χ0v) is 17.2. The summed E-state index contributed by atoms with van der Waals surface area (Å²) < 4.78 is 6.62. The summed E-state index contributed by atoms with van der Waals surface area (Å²) in [5.74, 6) is 0.0258. The van der Waals surface area contributed by atoms with Gasteiger partial charge in [-0.15, -0.1) is 0 Å². The van der Waals surface area contributed by atoms with Crippen LogP contribution in [0.5, 0.6) is 0 Å². The van der Waals surface area contributed by atoms with Crippen LogP contribution in [0, 0.1) is 5.92 Å². The first-order valence-electron chi connectivity index (χ1n) is 9.83. The van der Waals surface area contributed by atoms with Crippen molar-refractivity contribution in [2.45, 2.75) is 26.9 Å². The number of benzene rings is 2. The Morgan fingerprint density at radius 2 is 1.72 bits per heavy atom. The molecule has 1 heterocycles. The quantitative estimate of drug-likeness (QED) is 0.589. The number of nitrogens with zero attached hydrogens (tertiary/aromatic N) is 3. The second-order valence-corrected chi connectivity index (χ2v) is 7.48. The molecule has 6 heteroatoms. The van der Waals surface area contributed by atoms with Gasteiger partial charge in [0.05, 0.1) is 12.0 Å². The Balaban J connectivity index is 2.06. The second-order valence-electron chi connectivity index (χ2n) is 7.48. The summed E-state index contributed by atoms with van der Waals surface area (Å²) in [6, 6.07) is 17.0. The van der Waals surface area contributed by atoms with Crippen LogP contribution in [-0.4, -0.2) is 40.8 Å². The van der Waals surface area contributed by atoms with Gasteiger partial charge in [-0.25, -0.2) is 4.68 Å². The molecule has 152 valence electrons. The predicted octanol–water partition coefficient (Wildman–Crippen LogP) is 3.34. The van der Waals surface area contributed by atoms with Crippen molar-refractivity contribution < 1.29 is 9.53 Å². The maximum Gasteiger partial charge on any atom is 0.275 e. The van der Waals surface area contributed by atoms with Gasteiger partial charge in [0, 0.05) is 32.1 Å². The fourth-order valence-electron chi connectivity index (χ4n) is 3.27. The van der Waals surface area contributed by atoms with Crippen LogP contribution < -0.4 is 5.56 Å². The topological polar surface area (TPSA) is 64.4 Å². The maximum atomic E-state index is 13.5. The Kier molecular flexibility index (Phi) is 6.77. The van der Waals surface area contributed by atoms with Crippen molar-refractivity contribution in [2.75, 3.05) is 20.3 Å². The van der Waals surface area contributed by atoms with Crippen LogP contribution in [0.15, 0.2) is 59.4 Å². The number of methoxy groups -OCH3 is 1. The largest absolute Gasteiger partial charge is 0.383 e. The van der Waals surface area contributed by atoms with Crippen molar-refractivity contribution in [2.24, 2.45) is 5.92 Å². The van der Waals surface area contributed by atoms with E-state index in [0.717, 1.165) is 5.56 Å². The van der Waals surface area contributed by atoms with Crippen molar-refractivity contribution >= 4 is 16.7 Å².